The predicted octanol–water partition coefficient (Wildman–Crippen LogP) is 2.24. The molecule has 2 aliphatic heterocycles. The van der Waals surface area contributed by atoms with Crippen LogP contribution in [0.2, 0.25) is 12.1 Å². The SMILES string of the molecule is O=C(OC1=CC=CC=CN1)[SiH]1CCCC1. The molecule has 80 valence electrons. The molecule has 0 aromatic rings. The van der Waals surface area contributed by atoms with Crippen molar-refractivity contribution in [2.45, 2.75) is 24.9 Å². The molecular formula is C11H15NO2Si. The summed E-state index contributed by atoms with van der Waals surface area (Å²) in [7, 11) is -1.25. The third-order valence-corrected chi connectivity index (χ3v) is 5.69. The number of allylic oxidation sites excluding steroid dienone is 4. The summed E-state index contributed by atoms with van der Waals surface area (Å²) in [5, 5.41) is 2.93. The van der Waals surface area contributed by atoms with Crippen LogP contribution in [-0.4, -0.2) is 14.4 Å². The molecule has 0 atom stereocenters. The lowest BCUT2D eigenvalue weighted by atomic mass is 10.4. The first-order chi connectivity index (χ1) is 7.36. The number of hydrogen-bond acceptors (Lipinski definition) is 3. The van der Waals surface area contributed by atoms with Crippen molar-refractivity contribution in [1.29, 1.82) is 0 Å². The highest BCUT2D eigenvalue weighted by Gasteiger charge is 2.26. The predicted molar refractivity (Wildman–Crippen MR) is 62.0 cm³/mol. The minimum absolute atomic E-state index is 0.0370. The first-order valence-corrected chi connectivity index (χ1v) is 7.59. The molecular weight excluding hydrogens is 206 g/mol. The van der Waals surface area contributed by atoms with E-state index < -0.39 is 8.80 Å². The zero-order chi connectivity index (χ0) is 10.5. The average molecular weight is 221 g/mol. The van der Waals surface area contributed by atoms with Crippen molar-refractivity contribution in [3.8, 4) is 0 Å². The Balaban J connectivity index is 1.90. The fraction of sp³-hybridized carbons (Fsp3) is 0.364. The molecule has 0 unspecified atom stereocenters. The van der Waals surface area contributed by atoms with Gasteiger partial charge in [-0.1, -0.05) is 25.0 Å². The summed E-state index contributed by atoms with van der Waals surface area (Å²) < 4.78 is 5.33. The number of rotatable bonds is 2. The first-order valence-electron chi connectivity index (χ1n) is 5.38. The summed E-state index contributed by atoms with van der Waals surface area (Å²) in [6, 6.07) is 2.22. The molecule has 15 heavy (non-hydrogen) atoms. The van der Waals surface area contributed by atoms with Gasteiger partial charge in [-0.05, 0) is 24.2 Å². The summed E-state index contributed by atoms with van der Waals surface area (Å²) in [6.45, 7) is 0. The molecule has 1 saturated heterocycles. The molecule has 2 rings (SSSR count). The Labute approximate surface area is 91.1 Å². The molecule has 1 fully saturated rings. The lowest BCUT2D eigenvalue weighted by molar-refractivity contribution is 0.196. The van der Waals surface area contributed by atoms with E-state index in [4.69, 9.17) is 4.74 Å². The largest absolute Gasteiger partial charge is 0.414 e. The van der Waals surface area contributed by atoms with Gasteiger partial charge in [-0.3, -0.25) is 4.79 Å². The van der Waals surface area contributed by atoms with Crippen molar-refractivity contribution < 1.29 is 9.53 Å². The van der Waals surface area contributed by atoms with Crippen molar-refractivity contribution >= 4 is 14.4 Å². The smallest absolute Gasteiger partial charge is 0.274 e. The van der Waals surface area contributed by atoms with Gasteiger partial charge in [0.25, 0.3) is 5.59 Å². The Morgan fingerprint density at radius 1 is 1.27 bits per heavy atom. The maximum atomic E-state index is 11.7. The van der Waals surface area contributed by atoms with Gasteiger partial charge in [-0.25, -0.2) is 0 Å². The Hall–Kier alpha value is -1.29. The second-order valence-electron chi connectivity index (χ2n) is 3.82. The highest BCUT2D eigenvalue weighted by molar-refractivity contribution is 6.89. The minimum atomic E-state index is -1.25. The minimum Gasteiger partial charge on any atom is -0.414 e. The van der Waals surface area contributed by atoms with Crippen LogP contribution in [0.1, 0.15) is 12.8 Å². The molecule has 0 aromatic heterocycles. The average Bonchev–Trinajstić information content (AvgIpc) is 2.65. The maximum absolute atomic E-state index is 11.7. The third-order valence-electron chi connectivity index (χ3n) is 2.69. The highest BCUT2D eigenvalue weighted by atomic mass is 28.3. The highest BCUT2D eigenvalue weighted by Crippen LogP contribution is 2.21. The van der Waals surface area contributed by atoms with Gasteiger partial charge in [0.05, 0.1) is 0 Å². The van der Waals surface area contributed by atoms with E-state index in [1.54, 1.807) is 12.3 Å². The molecule has 2 heterocycles. The van der Waals surface area contributed by atoms with Crippen molar-refractivity contribution in [2.75, 3.05) is 0 Å². The van der Waals surface area contributed by atoms with Crippen LogP contribution in [0, 0.1) is 0 Å². The zero-order valence-electron chi connectivity index (χ0n) is 8.61. The van der Waals surface area contributed by atoms with Gasteiger partial charge in [0.2, 0.25) is 0 Å². The fourth-order valence-electron chi connectivity index (χ4n) is 1.86. The van der Waals surface area contributed by atoms with Crippen LogP contribution >= 0.6 is 0 Å². The number of hydrogen-bond donors (Lipinski definition) is 1. The number of carbonyl (C=O) groups is 1. The van der Waals surface area contributed by atoms with E-state index in [1.165, 1.54) is 12.8 Å². The Bertz CT molecular complexity index is 327. The molecule has 0 bridgehead atoms. The molecule has 0 radical (unpaired) electrons. The molecule has 0 aromatic carbocycles. The summed E-state index contributed by atoms with van der Waals surface area (Å²) in [4.78, 5) is 11.7. The summed E-state index contributed by atoms with van der Waals surface area (Å²) in [5.41, 5.74) is 0.0370. The van der Waals surface area contributed by atoms with Crippen LogP contribution < -0.4 is 5.32 Å². The van der Waals surface area contributed by atoms with E-state index in [1.807, 2.05) is 18.2 Å². The van der Waals surface area contributed by atoms with Crippen LogP contribution in [0.5, 0.6) is 0 Å². The summed E-state index contributed by atoms with van der Waals surface area (Å²) in [6.07, 6.45) is 11.6. The lowest BCUT2D eigenvalue weighted by Crippen LogP contribution is -2.25. The molecule has 0 spiro atoms. The molecule has 0 amide bonds. The molecule has 3 nitrogen and oxygen atoms in total. The van der Waals surface area contributed by atoms with Crippen molar-refractivity contribution in [3.63, 3.8) is 0 Å². The second-order valence-corrected chi connectivity index (χ2v) is 6.84. The van der Waals surface area contributed by atoms with Gasteiger partial charge in [0.15, 0.2) is 14.7 Å². The van der Waals surface area contributed by atoms with E-state index in [0.717, 1.165) is 12.1 Å². The fourth-order valence-corrected chi connectivity index (χ4v) is 4.47. The van der Waals surface area contributed by atoms with E-state index in [9.17, 15) is 4.79 Å². The van der Waals surface area contributed by atoms with Crippen molar-refractivity contribution in [3.05, 3.63) is 36.4 Å². The van der Waals surface area contributed by atoms with Crippen LogP contribution in [0.3, 0.4) is 0 Å². The van der Waals surface area contributed by atoms with E-state index >= 15 is 0 Å². The molecule has 0 aliphatic carbocycles. The number of nitrogens with one attached hydrogen (secondary N) is 1. The van der Waals surface area contributed by atoms with Gasteiger partial charge in [-0.2, -0.15) is 0 Å². The summed E-state index contributed by atoms with van der Waals surface area (Å²) >= 11 is 0. The molecule has 1 N–H and O–H groups in total. The van der Waals surface area contributed by atoms with Gasteiger partial charge >= 0.3 is 0 Å². The van der Waals surface area contributed by atoms with Crippen LogP contribution in [0.15, 0.2) is 36.4 Å². The summed E-state index contributed by atoms with van der Waals surface area (Å²) in [5.74, 6) is 0.546. The topological polar surface area (TPSA) is 38.3 Å². The standard InChI is InChI=1S/C11H15NO2Si/c13-11(15-8-4-5-9-15)14-10-6-2-1-3-7-12-10/h1-3,6-7,12,15H,4-5,8-9H2. The van der Waals surface area contributed by atoms with Crippen molar-refractivity contribution in [2.24, 2.45) is 0 Å². The van der Waals surface area contributed by atoms with Gasteiger partial charge < -0.3 is 10.1 Å². The molecule has 0 saturated carbocycles. The van der Waals surface area contributed by atoms with Crippen molar-refractivity contribution in [1.82, 2.24) is 5.32 Å². The van der Waals surface area contributed by atoms with Gasteiger partial charge in [0, 0.05) is 6.20 Å². The zero-order valence-corrected chi connectivity index (χ0v) is 9.76. The maximum Gasteiger partial charge on any atom is 0.274 e. The Kier molecular flexibility index (Phi) is 3.39. The lowest BCUT2D eigenvalue weighted by Gasteiger charge is -2.10. The molecule has 2 aliphatic rings. The monoisotopic (exact) mass is 221 g/mol. The van der Waals surface area contributed by atoms with Gasteiger partial charge in [-0.15, -0.1) is 0 Å². The van der Waals surface area contributed by atoms with Crippen LogP contribution in [-0.2, 0) is 4.74 Å². The van der Waals surface area contributed by atoms with Gasteiger partial charge in [0.1, 0.15) is 0 Å². The first kappa shape index (κ1) is 10.2. The third kappa shape index (κ3) is 2.83. The Morgan fingerprint density at radius 2 is 2.07 bits per heavy atom. The number of carbonyl (C=O) groups excluding carboxylic acids is 1. The quantitative estimate of drug-likeness (QED) is 0.727. The van der Waals surface area contributed by atoms with Crippen LogP contribution in [0.25, 0.3) is 0 Å². The van der Waals surface area contributed by atoms with E-state index in [-0.39, 0.29) is 5.59 Å². The normalized spacial score (nSPS) is 20.7. The number of ether oxygens (including phenoxy) is 1. The van der Waals surface area contributed by atoms with Crippen LogP contribution in [0.4, 0.5) is 4.79 Å². The molecule has 4 heteroatoms. The Morgan fingerprint density at radius 3 is 2.87 bits per heavy atom. The van der Waals surface area contributed by atoms with E-state index in [0.29, 0.717) is 5.88 Å². The van der Waals surface area contributed by atoms with E-state index in [2.05, 4.69) is 5.32 Å². The second kappa shape index (κ2) is 4.98.